The standard InChI is InChI=1S/C14H10O2/c15-13(16)14-5-4-9-7-12(14)10-3-1-2-8(10)6-11(9)14/h1-6,9H,7H2,(H,15,16). The van der Waals surface area contributed by atoms with Gasteiger partial charge in [0.05, 0.1) is 0 Å². The van der Waals surface area contributed by atoms with Gasteiger partial charge >= 0.3 is 5.97 Å². The van der Waals surface area contributed by atoms with E-state index in [-0.39, 0.29) is 0 Å². The highest BCUT2D eigenvalue weighted by molar-refractivity contribution is 5.92. The molecule has 0 aromatic rings. The van der Waals surface area contributed by atoms with Crippen LogP contribution in [0.2, 0.25) is 0 Å². The molecule has 2 unspecified atom stereocenters. The molecule has 0 spiro atoms. The lowest BCUT2D eigenvalue weighted by molar-refractivity contribution is -0.142. The van der Waals surface area contributed by atoms with Crippen LogP contribution in [0.25, 0.3) is 0 Å². The molecule has 2 nitrogen and oxygen atoms in total. The summed E-state index contributed by atoms with van der Waals surface area (Å²) in [5.74, 6) is -0.407. The van der Waals surface area contributed by atoms with Crippen LogP contribution in [-0.2, 0) is 4.79 Å². The van der Waals surface area contributed by atoms with E-state index in [0.717, 1.165) is 23.1 Å². The Morgan fingerprint density at radius 1 is 1.50 bits per heavy atom. The Labute approximate surface area is 93.0 Å². The molecule has 0 aromatic heterocycles. The Hall–Kier alpha value is -1.83. The minimum Gasteiger partial charge on any atom is -0.480 e. The summed E-state index contributed by atoms with van der Waals surface area (Å²) in [5.41, 5.74) is 3.68. The number of rotatable bonds is 1. The lowest BCUT2D eigenvalue weighted by Gasteiger charge is -2.28. The van der Waals surface area contributed by atoms with E-state index >= 15 is 0 Å². The zero-order valence-electron chi connectivity index (χ0n) is 8.60. The first kappa shape index (κ1) is 8.34. The summed E-state index contributed by atoms with van der Waals surface area (Å²) in [5, 5.41) is 9.55. The van der Waals surface area contributed by atoms with Crippen molar-refractivity contribution >= 4 is 5.97 Å². The zero-order valence-corrected chi connectivity index (χ0v) is 8.60. The fourth-order valence-corrected chi connectivity index (χ4v) is 3.46. The van der Waals surface area contributed by atoms with Crippen molar-refractivity contribution in [2.75, 3.05) is 0 Å². The topological polar surface area (TPSA) is 37.3 Å². The maximum atomic E-state index is 11.6. The highest BCUT2D eigenvalue weighted by Crippen LogP contribution is 2.61. The van der Waals surface area contributed by atoms with E-state index in [9.17, 15) is 9.90 Å². The summed E-state index contributed by atoms with van der Waals surface area (Å²) in [7, 11) is 0. The molecule has 2 atom stereocenters. The molecule has 4 bridgehead atoms. The van der Waals surface area contributed by atoms with E-state index < -0.39 is 11.4 Å². The van der Waals surface area contributed by atoms with Crippen molar-refractivity contribution in [3.05, 3.63) is 58.7 Å². The molecular weight excluding hydrogens is 200 g/mol. The molecule has 2 heteroatoms. The maximum Gasteiger partial charge on any atom is 0.321 e. The quantitative estimate of drug-likeness (QED) is 0.675. The molecule has 0 aromatic carbocycles. The van der Waals surface area contributed by atoms with Gasteiger partial charge in [0.25, 0.3) is 0 Å². The predicted octanol–water partition coefficient (Wildman–Crippen LogP) is 2.38. The van der Waals surface area contributed by atoms with E-state index in [0.29, 0.717) is 5.92 Å². The Balaban J connectivity index is 2.10. The molecule has 1 fully saturated rings. The Morgan fingerprint density at radius 2 is 2.38 bits per heavy atom. The van der Waals surface area contributed by atoms with Crippen molar-refractivity contribution in [2.45, 2.75) is 6.42 Å². The number of allylic oxidation sites excluding steroid dienone is 7. The van der Waals surface area contributed by atoms with Crippen molar-refractivity contribution in [3.8, 4) is 0 Å². The number of carbonyl (C=O) groups is 1. The van der Waals surface area contributed by atoms with Crippen LogP contribution in [0, 0.1) is 11.3 Å². The summed E-state index contributed by atoms with van der Waals surface area (Å²) in [6.45, 7) is 0. The first-order chi connectivity index (χ1) is 7.73. The first-order valence-electron chi connectivity index (χ1n) is 5.50. The van der Waals surface area contributed by atoms with E-state index in [1.165, 1.54) is 5.57 Å². The SMILES string of the molecule is O=C(O)C12C=CC3CC1=C1C=CC=C1C=C32. The minimum absolute atomic E-state index is 0.318. The lowest BCUT2D eigenvalue weighted by Crippen LogP contribution is -2.30. The Bertz CT molecular complexity index is 584. The van der Waals surface area contributed by atoms with Crippen molar-refractivity contribution < 1.29 is 9.90 Å². The van der Waals surface area contributed by atoms with E-state index in [1.54, 1.807) is 0 Å². The van der Waals surface area contributed by atoms with E-state index in [1.807, 2.05) is 18.2 Å². The zero-order chi connectivity index (χ0) is 10.9. The van der Waals surface area contributed by atoms with Crippen LogP contribution in [0.3, 0.4) is 0 Å². The molecule has 4 aliphatic carbocycles. The molecule has 1 N–H and O–H groups in total. The molecular formula is C14H10O2. The van der Waals surface area contributed by atoms with Gasteiger partial charge in [0.15, 0.2) is 0 Å². The number of carboxylic acids is 1. The minimum atomic E-state index is -0.800. The molecule has 0 amide bonds. The highest BCUT2D eigenvalue weighted by Gasteiger charge is 2.57. The molecule has 0 radical (unpaired) electrons. The number of hydrogen-bond acceptors (Lipinski definition) is 1. The summed E-state index contributed by atoms with van der Waals surface area (Å²) in [6.07, 6.45) is 13.0. The van der Waals surface area contributed by atoms with Crippen molar-refractivity contribution in [1.82, 2.24) is 0 Å². The molecule has 4 aliphatic rings. The van der Waals surface area contributed by atoms with Crippen LogP contribution in [0.15, 0.2) is 58.7 Å². The van der Waals surface area contributed by atoms with Crippen LogP contribution < -0.4 is 0 Å². The number of aliphatic carboxylic acids is 1. The van der Waals surface area contributed by atoms with Gasteiger partial charge in [0.1, 0.15) is 5.41 Å². The van der Waals surface area contributed by atoms with Gasteiger partial charge in [0, 0.05) is 5.92 Å². The van der Waals surface area contributed by atoms with E-state index in [4.69, 9.17) is 0 Å². The van der Waals surface area contributed by atoms with Gasteiger partial charge in [-0.3, -0.25) is 4.79 Å². The molecule has 0 aliphatic heterocycles. The molecule has 0 heterocycles. The third kappa shape index (κ3) is 0.654. The van der Waals surface area contributed by atoms with Gasteiger partial charge in [-0.15, -0.1) is 0 Å². The van der Waals surface area contributed by atoms with Crippen LogP contribution in [0.5, 0.6) is 0 Å². The Kier molecular flexibility index (Phi) is 1.19. The van der Waals surface area contributed by atoms with Crippen LogP contribution in [0.4, 0.5) is 0 Å². The van der Waals surface area contributed by atoms with Gasteiger partial charge in [-0.25, -0.2) is 0 Å². The third-order valence-corrected chi connectivity index (χ3v) is 4.16. The second-order valence-corrected chi connectivity index (χ2v) is 4.76. The largest absolute Gasteiger partial charge is 0.480 e. The monoisotopic (exact) mass is 210 g/mol. The summed E-state index contributed by atoms with van der Waals surface area (Å²) >= 11 is 0. The van der Waals surface area contributed by atoms with Gasteiger partial charge in [-0.1, -0.05) is 36.5 Å². The lowest BCUT2D eigenvalue weighted by atomic mass is 9.74. The average molecular weight is 210 g/mol. The van der Waals surface area contributed by atoms with Gasteiger partial charge < -0.3 is 5.11 Å². The smallest absolute Gasteiger partial charge is 0.321 e. The summed E-state index contributed by atoms with van der Waals surface area (Å²) < 4.78 is 0. The second kappa shape index (κ2) is 2.29. The van der Waals surface area contributed by atoms with Gasteiger partial charge in [-0.05, 0) is 28.7 Å². The number of fused-ring (bicyclic) bond motifs is 1. The fourth-order valence-electron chi connectivity index (χ4n) is 3.46. The molecule has 1 saturated carbocycles. The van der Waals surface area contributed by atoms with Crippen LogP contribution in [-0.4, -0.2) is 11.1 Å². The fraction of sp³-hybridized carbons (Fsp3) is 0.214. The van der Waals surface area contributed by atoms with Crippen LogP contribution >= 0.6 is 0 Å². The summed E-state index contributed by atoms with van der Waals surface area (Å²) in [4.78, 5) is 11.6. The molecule has 0 saturated heterocycles. The maximum absolute atomic E-state index is 11.6. The second-order valence-electron chi connectivity index (χ2n) is 4.76. The number of carboxylic acid groups (broad SMARTS) is 1. The van der Waals surface area contributed by atoms with Crippen molar-refractivity contribution in [1.29, 1.82) is 0 Å². The summed E-state index contributed by atoms with van der Waals surface area (Å²) in [6, 6.07) is 0. The van der Waals surface area contributed by atoms with Gasteiger partial charge in [0.2, 0.25) is 0 Å². The van der Waals surface area contributed by atoms with Gasteiger partial charge in [-0.2, -0.15) is 0 Å². The van der Waals surface area contributed by atoms with E-state index in [2.05, 4.69) is 18.2 Å². The van der Waals surface area contributed by atoms with Crippen molar-refractivity contribution in [3.63, 3.8) is 0 Å². The van der Waals surface area contributed by atoms with Crippen LogP contribution in [0.1, 0.15) is 6.42 Å². The third-order valence-electron chi connectivity index (χ3n) is 4.16. The highest BCUT2D eigenvalue weighted by atomic mass is 16.4. The molecule has 16 heavy (non-hydrogen) atoms. The first-order valence-corrected chi connectivity index (χ1v) is 5.50. The molecule has 4 rings (SSSR count). The predicted molar refractivity (Wildman–Crippen MR) is 59.6 cm³/mol. The average Bonchev–Trinajstić information content (AvgIpc) is 2.91. The Morgan fingerprint density at radius 3 is 3.19 bits per heavy atom. The van der Waals surface area contributed by atoms with Crippen molar-refractivity contribution in [2.24, 2.45) is 11.3 Å². The molecule has 78 valence electrons. The number of hydrogen-bond donors (Lipinski definition) is 1. The normalized spacial score (nSPS) is 36.6.